The number of carbonyl (C=O) groups excluding carboxylic acids is 2. The molecular weight excluding hydrogens is 490 g/mol. The van der Waals surface area contributed by atoms with Crippen LogP contribution in [0.5, 0.6) is 0 Å². The van der Waals surface area contributed by atoms with Gasteiger partial charge in [0.25, 0.3) is 5.91 Å². The quantitative estimate of drug-likeness (QED) is 0.434. The zero-order valence-electron chi connectivity index (χ0n) is 19.7. The van der Waals surface area contributed by atoms with Crippen molar-refractivity contribution >= 4 is 29.0 Å². The van der Waals surface area contributed by atoms with Gasteiger partial charge in [0.1, 0.15) is 0 Å². The van der Waals surface area contributed by atoms with Crippen LogP contribution in [0.4, 0.5) is 48.2 Å². The van der Waals surface area contributed by atoms with Gasteiger partial charge >= 0.3 is 18.4 Å². The first-order chi connectivity index (χ1) is 16.8. The molecule has 1 aliphatic rings. The van der Waals surface area contributed by atoms with Crippen molar-refractivity contribution in [2.75, 3.05) is 41.7 Å². The molecule has 0 radical (unpaired) electrons. The lowest BCUT2D eigenvalue weighted by atomic mass is 10.1. The summed E-state index contributed by atoms with van der Waals surface area (Å²) >= 11 is 0. The summed E-state index contributed by atoms with van der Waals surface area (Å²) in [4.78, 5) is 29.3. The molecule has 0 bridgehead atoms. The van der Waals surface area contributed by atoms with Crippen LogP contribution in [0.25, 0.3) is 0 Å². The number of carbonyl (C=O) groups is 2. The highest BCUT2D eigenvalue weighted by molar-refractivity contribution is 6.04. The molecule has 12 heteroatoms. The Labute approximate surface area is 204 Å². The maximum Gasteiger partial charge on any atom is 0.416 e. The van der Waals surface area contributed by atoms with Crippen molar-refractivity contribution < 1.29 is 35.9 Å². The standard InChI is InChI=1S/C24H26F6N4O2/c1-3-33(4-2)21(35)19-14-17(7-8-20(19)34-9-5-6-10-34)31-22(36)32-18-12-15(23(25,26)27)11-16(13-18)24(28,29)30/h7-8,11-14H,3-6,9-10H2,1-2H3,(H2,31,32,36). The van der Waals surface area contributed by atoms with Crippen molar-refractivity contribution in [3.8, 4) is 0 Å². The number of anilines is 3. The molecule has 0 atom stereocenters. The summed E-state index contributed by atoms with van der Waals surface area (Å²) in [7, 11) is 0. The number of hydrogen-bond donors (Lipinski definition) is 2. The Morgan fingerprint density at radius 2 is 1.36 bits per heavy atom. The van der Waals surface area contributed by atoms with E-state index in [1.165, 1.54) is 12.1 Å². The highest BCUT2D eigenvalue weighted by Crippen LogP contribution is 2.37. The third-order valence-corrected chi connectivity index (χ3v) is 5.83. The van der Waals surface area contributed by atoms with Gasteiger partial charge in [-0.05, 0) is 63.1 Å². The first kappa shape index (κ1) is 27.2. The normalized spacial score (nSPS) is 14.1. The largest absolute Gasteiger partial charge is 0.416 e. The van der Waals surface area contributed by atoms with Gasteiger partial charge in [0.05, 0.1) is 16.7 Å². The van der Waals surface area contributed by atoms with Gasteiger partial charge in [0.15, 0.2) is 0 Å². The van der Waals surface area contributed by atoms with Crippen LogP contribution in [0.3, 0.4) is 0 Å². The molecule has 2 N–H and O–H groups in total. The summed E-state index contributed by atoms with van der Waals surface area (Å²) < 4.78 is 78.6. The van der Waals surface area contributed by atoms with E-state index in [1.807, 2.05) is 19.2 Å². The van der Waals surface area contributed by atoms with Crippen LogP contribution in [0, 0.1) is 0 Å². The predicted molar refractivity (Wildman–Crippen MR) is 124 cm³/mol. The second kappa shape index (κ2) is 10.7. The van der Waals surface area contributed by atoms with Crippen molar-refractivity contribution in [1.29, 1.82) is 0 Å². The predicted octanol–water partition coefficient (Wildman–Crippen LogP) is 6.45. The number of alkyl halides is 6. The summed E-state index contributed by atoms with van der Waals surface area (Å²) in [6.45, 7) is 6.12. The maximum atomic E-state index is 13.1. The smallest absolute Gasteiger partial charge is 0.371 e. The first-order valence-electron chi connectivity index (χ1n) is 11.4. The lowest BCUT2D eigenvalue weighted by Crippen LogP contribution is -2.32. The van der Waals surface area contributed by atoms with Gasteiger partial charge < -0.3 is 20.4 Å². The molecule has 1 fully saturated rings. The van der Waals surface area contributed by atoms with Gasteiger partial charge in [-0.2, -0.15) is 26.3 Å². The third-order valence-electron chi connectivity index (χ3n) is 5.83. The summed E-state index contributed by atoms with van der Waals surface area (Å²) in [6.07, 6.45) is -8.14. The highest BCUT2D eigenvalue weighted by atomic mass is 19.4. The zero-order chi connectivity index (χ0) is 26.7. The number of rotatable bonds is 6. The van der Waals surface area contributed by atoms with Gasteiger partial charge in [-0.15, -0.1) is 0 Å². The molecule has 1 saturated heterocycles. The first-order valence-corrected chi connectivity index (χ1v) is 11.4. The fourth-order valence-corrected chi connectivity index (χ4v) is 4.02. The Morgan fingerprint density at radius 3 is 1.86 bits per heavy atom. The molecule has 0 aromatic heterocycles. The van der Waals surface area contributed by atoms with E-state index in [9.17, 15) is 35.9 Å². The van der Waals surface area contributed by atoms with Gasteiger partial charge in [0.2, 0.25) is 0 Å². The molecule has 36 heavy (non-hydrogen) atoms. The minimum Gasteiger partial charge on any atom is -0.371 e. The van der Waals surface area contributed by atoms with Gasteiger partial charge in [0, 0.05) is 43.2 Å². The average Bonchev–Trinajstić information content (AvgIpc) is 3.33. The van der Waals surface area contributed by atoms with E-state index >= 15 is 0 Å². The molecule has 0 spiro atoms. The van der Waals surface area contributed by atoms with Crippen molar-refractivity contribution in [2.24, 2.45) is 0 Å². The van der Waals surface area contributed by atoms with E-state index in [2.05, 4.69) is 10.2 Å². The number of urea groups is 1. The Kier molecular flexibility index (Phi) is 8.05. The van der Waals surface area contributed by atoms with Crippen LogP contribution in [0.15, 0.2) is 36.4 Å². The van der Waals surface area contributed by atoms with Crippen molar-refractivity contribution in [3.05, 3.63) is 53.1 Å². The topological polar surface area (TPSA) is 64.7 Å². The van der Waals surface area contributed by atoms with E-state index in [-0.39, 0.29) is 17.7 Å². The van der Waals surface area contributed by atoms with Crippen molar-refractivity contribution in [2.45, 2.75) is 39.0 Å². The molecule has 196 valence electrons. The molecule has 2 aromatic rings. The molecular formula is C24H26F6N4O2. The van der Waals surface area contributed by atoms with E-state index in [1.54, 1.807) is 11.0 Å². The molecule has 1 aliphatic heterocycles. The van der Waals surface area contributed by atoms with E-state index in [0.29, 0.717) is 36.5 Å². The minimum atomic E-state index is -5.04. The maximum absolute atomic E-state index is 13.1. The Bertz CT molecular complexity index is 1070. The van der Waals surface area contributed by atoms with Gasteiger partial charge in [-0.3, -0.25) is 4.79 Å². The second-order valence-corrected chi connectivity index (χ2v) is 8.28. The van der Waals surface area contributed by atoms with Crippen molar-refractivity contribution in [3.63, 3.8) is 0 Å². The number of halogens is 6. The van der Waals surface area contributed by atoms with Crippen LogP contribution in [-0.4, -0.2) is 43.0 Å². The fraction of sp³-hybridized carbons (Fsp3) is 0.417. The Balaban J connectivity index is 1.88. The SMILES string of the molecule is CCN(CC)C(=O)c1cc(NC(=O)Nc2cc(C(F)(F)F)cc(C(F)(F)F)c2)ccc1N1CCCC1. The summed E-state index contributed by atoms with van der Waals surface area (Å²) in [5.41, 5.74) is -2.57. The van der Waals surface area contributed by atoms with E-state index in [0.717, 1.165) is 25.9 Å². The lowest BCUT2D eigenvalue weighted by Gasteiger charge is -2.25. The monoisotopic (exact) mass is 516 g/mol. The number of benzene rings is 2. The summed E-state index contributed by atoms with van der Waals surface area (Å²) in [5.74, 6) is -0.251. The van der Waals surface area contributed by atoms with Crippen molar-refractivity contribution in [1.82, 2.24) is 4.90 Å². The number of nitrogens with one attached hydrogen (secondary N) is 2. The third kappa shape index (κ3) is 6.41. The van der Waals surface area contributed by atoms with E-state index in [4.69, 9.17) is 0 Å². The Hall–Kier alpha value is -3.44. The molecule has 6 nitrogen and oxygen atoms in total. The average molecular weight is 516 g/mol. The van der Waals surface area contributed by atoms with Crippen LogP contribution in [-0.2, 0) is 12.4 Å². The van der Waals surface area contributed by atoms with Crippen LogP contribution < -0.4 is 15.5 Å². The number of amides is 3. The number of nitrogens with zero attached hydrogens (tertiary/aromatic N) is 2. The van der Waals surface area contributed by atoms with Crippen LogP contribution in [0.1, 0.15) is 48.2 Å². The zero-order valence-corrected chi connectivity index (χ0v) is 19.7. The van der Waals surface area contributed by atoms with Gasteiger partial charge in [-0.25, -0.2) is 4.79 Å². The van der Waals surface area contributed by atoms with Gasteiger partial charge in [-0.1, -0.05) is 0 Å². The van der Waals surface area contributed by atoms with Crippen LogP contribution in [0.2, 0.25) is 0 Å². The molecule has 2 aromatic carbocycles. The summed E-state index contributed by atoms with van der Waals surface area (Å²) in [6, 6.07) is 4.41. The molecule has 1 heterocycles. The fourth-order valence-electron chi connectivity index (χ4n) is 4.02. The highest BCUT2D eigenvalue weighted by Gasteiger charge is 2.37. The molecule has 3 rings (SSSR count). The molecule has 0 saturated carbocycles. The molecule has 0 aliphatic carbocycles. The molecule has 3 amide bonds. The van der Waals surface area contributed by atoms with E-state index < -0.39 is 35.2 Å². The molecule has 0 unspecified atom stereocenters. The number of hydrogen-bond acceptors (Lipinski definition) is 3. The summed E-state index contributed by atoms with van der Waals surface area (Å²) in [5, 5.41) is 4.42. The Morgan fingerprint density at radius 1 is 0.833 bits per heavy atom. The van der Waals surface area contributed by atoms with Crippen LogP contribution >= 0.6 is 0 Å². The lowest BCUT2D eigenvalue weighted by molar-refractivity contribution is -0.143. The second-order valence-electron chi connectivity index (χ2n) is 8.28. The minimum absolute atomic E-state index is 0.0226.